The Morgan fingerprint density at radius 2 is 1.88 bits per heavy atom. The number of hydrogen-bond donors (Lipinski definition) is 0. The zero-order chi connectivity index (χ0) is 18.8. The highest BCUT2D eigenvalue weighted by atomic mass is 79.9. The second-order valence-electron chi connectivity index (χ2n) is 6.20. The van der Waals surface area contributed by atoms with Gasteiger partial charge >= 0.3 is 0 Å². The summed E-state index contributed by atoms with van der Waals surface area (Å²) in [5.41, 5.74) is 1.64. The van der Waals surface area contributed by atoms with Crippen LogP contribution in [0.3, 0.4) is 0 Å². The molecule has 0 atom stereocenters. The van der Waals surface area contributed by atoms with Crippen molar-refractivity contribution in [2.75, 3.05) is 14.2 Å². The molecule has 0 unspecified atom stereocenters. The maximum atomic E-state index is 13.1. The quantitative estimate of drug-likeness (QED) is 0.591. The fourth-order valence-electron chi connectivity index (χ4n) is 2.84. The topological polar surface area (TPSA) is 66.2 Å². The van der Waals surface area contributed by atoms with Crippen LogP contribution in [0.4, 0.5) is 0 Å². The molecule has 0 radical (unpaired) electrons. The highest BCUT2D eigenvalue weighted by Gasteiger charge is 2.17. The third-order valence-electron chi connectivity index (χ3n) is 4.14. The van der Waals surface area contributed by atoms with E-state index in [2.05, 4.69) is 25.9 Å². The first-order valence-corrected chi connectivity index (χ1v) is 9.01. The lowest BCUT2D eigenvalue weighted by molar-refractivity contribution is 0.389. The smallest absolute Gasteiger partial charge is 0.280 e. The van der Waals surface area contributed by atoms with Crippen LogP contribution < -0.4 is 15.0 Å². The number of fused-ring (bicyclic) bond motifs is 1. The summed E-state index contributed by atoms with van der Waals surface area (Å²) in [6.45, 7) is 4.37. The highest BCUT2D eigenvalue weighted by molar-refractivity contribution is 9.10. The van der Waals surface area contributed by atoms with Crippen LogP contribution in [-0.4, -0.2) is 28.8 Å². The first-order chi connectivity index (χ1) is 12.4. The van der Waals surface area contributed by atoms with Crippen molar-refractivity contribution in [1.29, 1.82) is 0 Å². The molecule has 2 aromatic heterocycles. The molecule has 3 aromatic rings. The molecule has 136 valence electrons. The van der Waals surface area contributed by atoms with Gasteiger partial charge in [0.2, 0.25) is 0 Å². The van der Waals surface area contributed by atoms with Gasteiger partial charge in [0.05, 0.1) is 26.3 Å². The molecule has 1 aromatic carbocycles. The summed E-state index contributed by atoms with van der Waals surface area (Å²) in [6, 6.07) is 9.14. The van der Waals surface area contributed by atoms with E-state index in [0.29, 0.717) is 39.5 Å². The SMILES string of the molecule is COc1ccc(Cn2c(C(C)C)nc3ccc(Br)nc3c2=O)c(OC)c1. The van der Waals surface area contributed by atoms with E-state index in [1.54, 1.807) is 37.0 Å². The van der Waals surface area contributed by atoms with Crippen molar-refractivity contribution in [2.45, 2.75) is 26.3 Å². The summed E-state index contributed by atoms with van der Waals surface area (Å²) in [4.78, 5) is 22.1. The van der Waals surface area contributed by atoms with Gasteiger partial charge in [-0.05, 0) is 40.2 Å². The summed E-state index contributed by atoms with van der Waals surface area (Å²) < 4.78 is 13.0. The Labute approximate surface area is 159 Å². The second kappa shape index (κ2) is 7.45. The largest absolute Gasteiger partial charge is 0.497 e. The number of aromatic nitrogens is 3. The Morgan fingerprint density at radius 3 is 2.54 bits per heavy atom. The maximum absolute atomic E-state index is 13.1. The molecule has 0 N–H and O–H groups in total. The minimum absolute atomic E-state index is 0.0833. The Kier molecular flexibility index (Phi) is 5.27. The van der Waals surface area contributed by atoms with E-state index in [-0.39, 0.29) is 11.5 Å². The van der Waals surface area contributed by atoms with Crippen molar-refractivity contribution in [3.05, 3.63) is 56.7 Å². The van der Waals surface area contributed by atoms with Crippen LogP contribution in [0.1, 0.15) is 31.2 Å². The fraction of sp³-hybridized carbons (Fsp3) is 0.316. The van der Waals surface area contributed by atoms with Gasteiger partial charge in [-0.25, -0.2) is 9.97 Å². The zero-order valence-corrected chi connectivity index (χ0v) is 16.7. The average molecular weight is 418 g/mol. The molecule has 6 nitrogen and oxygen atoms in total. The summed E-state index contributed by atoms with van der Waals surface area (Å²) >= 11 is 3.32. The van der Waals surface area contributed by atoms with Gasteiger partial charge in [-0.15, -0.1) is 0 Å². The van der Waals surface area contributed by atoms with Gasteiger partial charge in [0, 0.05) is 17.5 Å². The molecule has 7 heteroatoms. The van der Waals surface area contributed by atoms with Crippen LogP contribution in [0.2, 0.25) is 0 Å². The Morgan fingerprint density at radius 1 is 1.12 bits per heavy atom. The van der Waals surface area contributed by atoms with Crippen LogP contribution in [0.15, 0.2) is 39.7 Å². The number of ether oxygens (including phenoxy) is 2. The normalized spacial score (nSPS) is 11.2. The highest BCUT2D eigenvalue weighted by Crippen LogP contribution is 2.26. The molecule has 0 spiro atoms. The Hall–Kier alpha value is -2.41. The van der Waals surface area contributed by atoms with Gasteiger partial charge in [0.25, 0.3) is 5.56 Å². The number of rotatable bonds is 5. The standard InChI is InChI=1S/C19H20BrN3O3/c1-11(2)18-21-14-7-8-16(20)22-17(14)19(24)23(18)10-12-5-6-13(25-3)9-15(12)26-4/h5-9,11H,10H2,1-4H3. The lowest BCUT2D eigenvalue weighted by Crippen LogP contribution is -2.27. The van der Waals surface area contributed by atoms with Crippen LogP contribution in [0.5, 0.6) is 11.5 Å². The van der Waals surface area contributed by atoms with Gasteiger partial charge < -0.3 is 9.47 Å². The summed E-state index contributed by atoms with van der Waals surface area (Å²) in [7, 11) is 3.20. The van der Waals surface area contributed by atoms with Crippen molar-refractivity contribution in [1.82, 2.24) is 14.5 Å². The number of hydrogen-bond acceptors (Lipinski definition) is 5. The zero-order valence-electron chi connectivity index (χ0n) is 15.1. The van der Waals surface area contributed by atoms with E-state index >= 15 is 0 Å². The molecule has 26 heavy (non-hydrogen) atoms. The third-order valence-corrected chi connectivity index (χ3v) is 4.58. The molecular weight excluding hydrogens is 398 g/mol. The molecule has 0 aliphatic rings. The molecule has 0 aliphatic carbocycles. The summed E-state index contributed by atoms with van der Waals surface area (Å²) in [5, 5.41) is 0. The number of pyridine rings is 1. The second-order valence-corrected chi connectivity index (χ2v) is 7.01. The van der Waals surface area contributed by atoms with Gasteiger partial charge in [0.1, 0.15) is 21.9 Å². The van der Waals surface area contributed by atoms with E-state index in [1.807, 2.05) is 26.0 Å². The number of benzene rings is 1. The molecule has 0 amide bonds. The molecule has 2 heterocycles. The summed E-state index contributed by atoms with van der Waals surface area (Å²) in [6.07, 6.45) is 0. The summed E-state index contributed by atoms with van der Waals surface area (Å²) in [5.74, 6) is 2.15. The van der Waals surface area contributed by atoms with Crippen molar-refractivity contribution in [2.24, 2.45) is 0 Å². The van der Waals surface area contributed by atoms with E-state index in [4.69, 9.17) is 9.47 Å². The van der Waals surface area contributed by atoms with Crippen molar-refractivity contribution >= 4 is 27.0 Å². The van der Waals surface area contributed by atoms with Crippen molar-refractivity contribution in [3.8, 4) is 11.5 Å². The van der Waals surface area contributed by atoms with Gasteiger partial charge in [-0.2, -0.15) is 0 Å². The molecular formula is C19H20BrN3O3. The lowest BCUT2D eigenvalue weighted by atomic mass is 10.1. The number of nitrogens with zero attached hydrogens (tertiary/aromatic N) is 3. The molecule has 0 fully saturated rings. The van der Waals surface area contributed by atoms with E-state index in [9.17, 15) is 4.79 Å². The van der Waals surface area contributed by atoms with Crippen LogP contribution in [0, 0.1) is 0 Å². The van der Waals surface area contributed by atoms with E-state index in [0.717, 1.165) is 5.56 Å². The average Bonchev–Trinajstić information content (AvgIpc) is 2.64. The lowest BCUT2D eigenvalue weighted by Gasteiger charge is -2.17. The van der Waals surface area contributed by atoms with Crippen molar-refractivity contribution < 1.29 is 9.47 Å². The predicted octanol–water partition coefficient (Wildman–Crippen LogP) is 3.74. The number of halogens is 1. The first-order valence-electron chi connectivity index (χ1n) is 8.22. The van der Waals surface area contributed by atoms with Gasteiger partial charge in [-0.1, -0.05) is 13.8 Å². The Bertz CT molecular complexity index is 1010. The van der Waals surface area contributed by atoms with Crippen molar-refractivity contribution in [3.63, 3.8) is 0 Å². The minimum Gasteiger partial charge on any atom is -0.497 e. The third kappa shape index (κ3) is 3.44. The van der Waals surface area contributed by atoms with Crippen LogP contribution in [-0.2, 0) is 6.54 Å². The molecule has 3 rings (SSSR count). The van der Waals surface area contributed by atoms with Crippen LogP contribution >= 0.6 is 15.9 Å². The van der Waals surface area contributed by atoms with Gasteiger partial charge in [0.15, 0.2) is 5.52 Å². The van der Waals surface area contributed by atoms with Gasteiger partial charge in [-0.3, -0.25) is 9.36 Å². The molecule has 0 aliphatic heterocycles. The molecule has 0 saturated heterocycles. The maximum Gasteiger partial charge on any atom is 0.280 e. The van der Waals surface area contributed by atoms with Crippen LogP contribution in [0.25, 0.3) is 11.0 Å². The molecule has 0 bridgehead atoms. The monoisotopic (exact) mass is 417 g/mol. The minimum atomic E-state index is -0.169. The number of methoxy groups -OCH3 is 2. The fourth-order valence-corrected chi connectivity index (χ4v) is 3.15. The predicted molar refractivity (Wildman–Crippen MR) is 104 cm³/mol. The Balaban J connectivity index is 2.19. The first kappa shape index (κ1) is 18.4. The van der Waals surface area contributed by atoms with E-state index < -0.39 is 0 Å². The van der Waals surface area contributed by atoms with E-state index in [1.165, 1.54) is 0 Å². The molecule has 0 saturated carbocycles.